The number of carbonyl (C=O) groups is 1. The van der Waals surface area contributed by atoms with Gasteiger partial charge in [-0.1, -0.05) is 0 Å². The standard InChI is InChI=1S/C4H10BNO3S/c1-3(10)4(7)6-2-5(8)9/h3,8-10H,2H2,1H3,(H,6,7). The molecule has 0 fully saturated rings. The molecule has 1 atom stereocenters. The van der Waals surface area contributed by atoms with Gasteiger partial charge >= 0.3 is 7.12 Å². The van der Waals surface area contributed by atoms with Crippen LogP contribution in [0.1, 0.15) is 6.92 Å². The molecule has 0 aromatic heterocycles. The van der Waals surface area contributed by atoms with Gasteiger partial charge in [-0.2, -0.15) is 12.6 Å². The first-order valence-electron chi connectivity index (χ1n) is 2.86. The molecule has 0 aromatic carbocycles. The van der Waals surface area contributed by atoms with Crippen LogP contribution < -0.4 is 5.32 Å². The summed E-state index contributed by atoms with van der Waals surface area (Å²) in [7, 11) is -1.49. The fraction of sp³-hybridized carbons (Fsp3) is 0.750. The highest BCUT2D eigenvalue weighted by Crippen LogP contribution is 1.90. The topological polar surface area (TPSA) is 69.6 Å². The highest BCUT2D eigenvalue weighted by Gasteiger charge is 2.11. The Hall–Kier alpha value is -0.195. The molecular formula is C4H10BNO3S. The summed E-state index contributed by atoms with van der Waals surface area (Å²) >= 11 is 3.82. The molecule has 0 bridgehead atoms. The number of carbonyl (C=O) groups excluding carboxylic acids is 1. The third kappa shape index (κ3) is 4.66. The van der Waals surface area contributed by atoms with Crippen LogP contribution >= 0.6 is 12.6 Å². The molecule has 58 valence electrons. The van der Waals surface area contributed by atoms with Crippen LogP contribution in [0.25, 0.3) is 0 Å². The molecule has 0 saturated carbocycles. The van der Waals surface area contributed by atoms with E-state index >= 15 is 0 Å². The maximum Gasteiger partial charge on any atom is 0.472 e. The van der Waals surface area contributed by atoms with Gasteiger partial charge in [0.2, 0.25) is 5.91 Å². The van der Waals surface area contributed by atoms with Gasteiger partial charge in [0.1, 0.15) is 0 Å². The van der Waals surface area contributed by atoms with Crippen molar-refractivity contribution in [1.82, 2.24) is 5.32 Å². The zero-order valence-electron chi connectivity index (χ0n) is 5.61. The van der Waals surface area contributed by atoms with Crippen LogP contribution in [0.2, 0.25) is 0 Å². The SMILES string of the molecule is CC(S)C(=O)NCB(O)O. The van der Waals surface area contributed by atoms with E-state index in [4.69, 9.17) is 10.0 Å². The predicted octanol–water partition coefficient (Wildman–Crippen LogP) is -1.57. The smallest absolute Gasteiger partial charge is 0.426 e. The van der Waals surface area contributed by atoms with Crippen LogP contribution in [0.3, 0.4) is 0 Å². The Balaban J connectivity index is 3.40. The minimum atomic E-state index is -1.49. The van der Waals surface area contributed by atoms with Crippen molar-refractivity contribution in [2.75, 3.05) is 6.44 Å². The third-order valence-electron chi connectivity index (χ3n) is 0.838. The van der Waals surface area contributed by atoms with Gasteiger partial charge in [-0.15, -0.1) is 0 Å². The second-order valence-corrected chi connectivity index (χ2v) is 2.68. The highest BCUT2D eigenvalue weighted by atomic mass is 32.1. The molecule has 0 saturated heterocycles. The fourth-order valence-electron chi connectivity index (χ4n) is 0.340. The van der Waals surface area contributed by atoms with Crippen LogP contribution in [-0.2, 0) is 4.79 Å². The van der Waals surface area contributed by atoms with Crippen molar-refractivity contribution >= 4 is 25.7 Å². The Morgan fingerprint density at radius 1 is 1.80 bits per heavy atom. The van der Waals surface area contributed by atoms with E-state index in [-0.39, 0.29) is 12.4 Å². The molecule has 0 heterocycles. The Morgan fingerprint density at radius 3 is 2.60 bits per heavy atom. The van der Waals surface area contributed by atoms with Gasteiger partial charge in [0.05, 0.1) is 11.7 Å². The van der Waals surface area contributed by atoms with Crippen LogP contribution in [0.4, 0.5) is 0 Å². The molecule has 10 heavy (non-hydrogen) atoms. The van der Waals surface area contributed by atoms with Gasteiger partial charge in [-0.3, -0.25) is 4.79 Å². The molecule has 0 aliphatic carbocycles. The van der Waals surface area contributed by atoms with Gasteiger partial charge in [0, 0.05) is 0 Å². The summed E-state index contributed by atoms with van der Waals surface area (Å²) in [5, 5.41) is 18.4. The number of thiol groups is 1. The fourth-order valence-corrected chi connectivity index (χ4v) is 0.431. The molecular weight excluding hydrogens is 153 g/mol. The normalized spacial score (nSPS) is 12.4. The number of nitrogens with one attached hydrogen (secondary N) is 1. The third-order valence-corrected chi connectivity index (χ3v) is 1.07. The van der Waals surface area contributed by atoms with Crippen molar-refractivity contribution in [2.45, 2.75) is 12.2 Å². The monoisotopic (exact) mass is 163 g/mol. The van der Waals surface area contributed by atoms with Crippen LogP contribution in [-0.4, -0.2) is 34.8 Å². The van der Waals surface area contributed by atoms with Crippen molar-refractivity contribution in [3.05, 3.63) is 0 Å². The summed E-state index contributed by atoms with van der Waals surface area (Å²) in [6.45, 7) is 1.60. The molecule has 0 spiro atoms. The molecule has 0 rings (SSSR count). The summed E-state index contributed by atoms with van der Waals surface area (Å²) in [6, 6.07) is 0. The Kier molecular flexibility index (Phi) is 4.50. The number of rotatable bonds is 3. The van der Waals surface area contributed by atoms with E-state index in [1.54, 1.807) is 6.92 Å². The quantitative estimate of drug-likeness (QED) is 0.300. The zero-order chi connectivity index (χ0) is 8.15. The Labute approximate surface area is 65.2 Å². The minimum absolute atomic E-state index is 0.149. The average Bonchev–Trinajstić information content (AvgIpc) is 1.82. The number of hydrogen-bond acceptors (Lipinski definition) is 4. The van der Waals surface area contributed by atoms with Crippen molar-refractivity contribution < 1.29 is 14.8 Å². The zero-order valence-corrected chi connectivity index (χ0v) is 6.51. The lowest BCUT2D eigenvalue weighted by Gasteiger charge is -2.04. The molecule has 0 radical (unpaired) electrons. The van der Waals surface area contributed by atoms with Crippen LogP contribution in [0.5, 0.6) is 0 Å². The summed E-state index contributed by atoms with van der Waals surface area (Å²) in [5.74, 6) is -0.309. The molecule has 0 aliphatic rings. The van der Waals surface area contributed by atoms with Gasteiger partial charge in [0.15, 0.2) is 0 Å². The molecule has 3 N–H and O–H groups in total. The van der Waals surface area contributed by atoms with Gasteiger partial charge in [-0.05, 0) is 6.92 Å². The van der Waals surface area contributed by atoms with E-state index in [9.17, 15) is 4.79 Å². The maximum atomic E-state index is 10.6. The van der Waals surface area contributed by atoms with Crippen molar-refractivity contribution in [3.63, 3.8) is 0 Å². The van der Waals surface area contributed by atoms with Crippen LogP contribution in [0.15, 0.2) is 0 Å². The Morgan fingerprint density at radius 2 is 2.30 bits per heavy atom. The van der Waals surface area contributed by atoms with Crippen molar-refractivity contribution in [3.8, 4) is 0 Å². The highest BCUT2D eigenvalue weighted by molar-refractivity contribution is 7.81. The van der Waals surface area contributed by atoms with Gasteiger partial charge in [-0.25, -0.2) is 0 Å². The van der Waals surface area contributed by atoms with E-state index < -0.39 is 12.4 Å². The lowest BCUT2D eigenvalue weighted by molar-refractivity contribution is -0.120. The van der Waals surface area contributed by atoms with Crippen LogP contribution in [0, 0.1) is 0 Å². The first kappa shape index (κ1) is 9.80. The molecule has 1 amide bonds. The summed E-state index contributed by atoms with van der Waals surface area (Å²) < 4.78 is 0. The summed E-state index contributed by atoms with van der Waals surface area (Å²) in [5.41, 5.74) is 0. The van der Waals surface area contributed by atoms with Crippen molar-refractivity contribution in [2.24, 2.45) is 0 Å². The second kappa shape index (κ2) is 4.59. The first-order valence-corrected chi connectivity index (χ1v) is 3.37. The summed E-state index contributed by atoms with van der Waals surface area (Å²) in [6.07, 6.45) is -0.149. The predicted molar refractivity (Wildman–Crippen MR) is 41.6 cm³/mol. The molecule has 1 unspecified atom stereocenters. The van der Waals surface area contributed by atoms with E-state index in [1.165, 1.54) is 0 Å². The molecule has 0 aliphatic heterocycles. The number of amides is 1. The lowest BCUT2D eigenvalue weighted by atomic mass is 9.92. The Bertz CT molecular complexity index is 119. The van der Waals surface area contributed by atoms with E-state index in [1.807, 2.05) is 0 Å². The van der Waals surface area contributed by atoms with Crippen molar-refractivity contribution in [1.29, 1.82) is 0 Å². The van der Waals surface area contributed by atoms with E-state index in [0.717, 1.165) is 0 Å². The molecule has 4 nitrogen and oxygen atoms in total. The van der Waals surface area contributed by atoms with E-state index in [0.29, 0.717) is 0 Å². The maximum absolute atomic E-state index is 10.6. The lowest BCUT2D eigenvalue weighted by Crippen LogP contribution is -2.38. The first-order chi connectivity index (χ1) is 4.54. The average molecular weight is 163 g/mol. The molecule has 6 heteroatoms. The second-order valence-electron chi connectivity index (χ2n) is 1.90. The van der Waals surface area contributed by atoms with E-state index in [2.05, 4.69) is 17.9 Å². The van der Waals surface area contributed by atoms with Gasteiger partial charge < -0.3 is 15.4 Å². The minimum Gasteiger partial charge on any atom is -0.426 e. The van der Waals surface area contributed by atoms with Gasteiger partial charge in [0.25, 0.3) is 0 Å². The largest absolute Gasteiger partial charge is 0.472 e. The number of hydrogen-bond donors (Lipinski definition) is 4. The molecule has 0 aromatic rings. The summed E-state index contributed by atoms with van der Waals surface area (Å²) in [4.78, 5) is 10.6.